The Bertz CT molecular complexity index is 1400. The van der Waals surface area contributed by atoms with Crippen LogP contribution in [-0.2, 0) is 28.6 Å². The molecule has 0 saturated heterocycles. The maximum Gasteiger partial charge on any atom is 0.306 e. The van der Waals surface area contributed by atoms with Crippen molar-refractivity contribution >= 4 is 17.9 Å². The Labute approximate surface area is 472 Å². The quantitative estimate of drug-likeness (QED) is 0.0261. The zero-order valence-electron chi connectivity index (χ0n) is 50.5. The van der Waals surface area contributed by atoms with Gasteiger partial charge < -0.3 is 14.2 Å². The van der Waals surface area contributed by atoms with Crippen molar-refractivity contribution < 1.29 is 28.6 Å². The molecule has 0 aliphatic heterocycles. The summed E-state index contributed by atoms with van der Waals surface area (Å²) in [4.78, 5) is 38.3. The molecule has 0 saturated carbocycles. The highest BCUT2D eigenvalue weighted by Crippen LogP contribution is 2.17. The van der Waals surface area contributed by atoms with E-state index in [1.54, 1.807) is 0 Å². The number of carbonyl (C=O) groups excluding carboxylic acids is 3. The Hall–Kier alpha value is -3.15. The molecule has 0 aliphatic carbocycles. The van der Waals surface area contributed by atoms with Crippen LogP contribution in [0.5, 0.6) is 0 Å². The molecule has 0 rings (SSSR count). The molecular weight excluding hydrogens is 937 g/mol. The molecule has 6 heteroatoms. The first kappa shape index (κ1) is 72.8. The van der Waals surface area contributed by atoms with Gasteiger partial charge in [-0.05, 0) is 109 Å². The molecule has 0 fully saturated rings. The van der Waals surface area contributed by atoms with Crippen LogP contribution >= 0.6 is 0 Å². The van der Waals surface area contributed by atoms with E-state index in [4.69, 9.17) is 14.2 Å². The maximum atomic E-state index is 12.9. The Morgan fingerprint density at radius 2 is 0.513 bits per heavy atom. The molecule has 0 heterocycles. The predicted octanol–water partition coefficient (Wildman–Crippen LogP) is 22.5. The first-order valence-corrected chi connectivity index (χ1v) is 32.9. The lowest BCUT2D eigenvalue weighted by Crippen LogP contribution is -2.30. The van der Waals surface area contributed by atoms with Gasteiger partial charge in [-0.1, -0.05) is 280 Å². The minimum absolute atomic E-state index is 0.0814. The van der Waals surface area contributed by atoms with Gasteiger partial charge in [0.2, 0.25) is 0 Å². The summed E-state index contributed by atoms with van der Waals surface area (Å²) in [6.07, 6.45) is 83.4. The third-order valence-electron chi connectivity index (χ3n) is 14.4. The second-order valence-electron chi connectivity index (χ2n) is 22.0. The summed E-state index contributed by atoms with van der Waals surface area (Å²) in [5, 5.41) is 0. The molecule has 0 N–H and O–H groups in total. The number of unbranched alkanes of at least 4 members (excludes halogenated alkanes) is 37. The Balaban J connectivity index is 4.32. The minimum Gasteiger partial charge on any atom is -0.462 e. The monoisotopic (exact) mass is 1060 g/mol. The number of hydrogen-bond acceptors (Lipinski definition) is 6. The lowest BCUT2D eigenvalue weighted by atomic mass is 10.0. The van der Waals surface area contributed by atoms with Crippen LogP contribution in [0.25, 0.3) is 0 Å². The van der Waals surface area contributed by atoms with Crippen LogP contribution in [-0.4, -0.2) is 37.2 Å². The summed E-state index contributed by atoms with van der Waals surface area (Å²) in [6, 6.07) is 0. The van der Waals surface area contributed by atoms with Gasteiger partial charge in [0.15, 0.2) is 6.10 Å². The van der Waals surface area contributed by atoms with Crippen molar-refractivity contribution in [3.8, 4) is 0 Å². The highest BCUT2D eigenvalue weighted by Gasteiger charge is 2.19. The van der Waals surface area contributed by atoms with E-state index >= 15 is 0 Å². The molecular formula is C70H124O6. The van der Waals surface area contributed by atoms with Crippen molar-refractivity contribution in [3.05, 3.63) is 72.9 Å². The van der Waals surface area contributed by atoms with E-state index < -0.39 is 6.10 Å². The van der Waals surface area contributed by atoms with E-state index in [2.05, 4.69) is 93.7 Å². The molecule has 6 nitrogen and oxygen atoms in total. The van der Waals surface area contributed by atoms with Crippen LogP contribution in [0.2, 0.25) is 0 Å². The van der Waals surface area contributed by atoms with Gasteiger partial charge in [0.1, 0.15) is 13.2 Å². The number of ether oxygens (including phenoxy) is 3. The Morgan fingerprint density at radius 1 is 0.276 bits per heavy atom. The van der Waals surface area contributed by atoms with Gasteiger partial charge in [0.25, 0.3) is 0 Å². The number of allylic oxidation sites excluding steroid dienone is 12. The normalized spacial score (nSPS) is 12.5. The van der Waals surface area contributed by atoms with Crippen LogP contribution in [0.4, 0.5) is 0 Å². The van der Waals surface area contributed by atoms with Crippen LogP contribution in [0.3, 0.4) is 0 Å². The summed E-state index contributed by atoms with van der Waals surface area (Å²) >= 11 is 0. The molecule has 0 aromatic carbocycles. The second kappa shape index (κ2) is 64.4. The van der Waals surface area contributed by atoms with Crippen LogP contribution in [0.1, 0.15) is 335 Å². The highest BCUT2D eigenvalue weighted by atomic mass is 16.6. The average molecular weight is 1060 g/mol. The van der Waals surface area contributed by atoms with Crippen molar-refractivity contribution in [3.63, 3.8) is 0 Å². The largest absolute Gasteiger partial charge is 0.462 e. The lowest BCUT2D eigenvalue weighted by molar-refractivity contribution is -0.167. The van der Waals surface area contributed by atoms with E-state index in [9.17, 15) is 14.4 Å². The molecule has 0 bridgehead atoms. The summed E-state index contributed by atoms with van der Waals surface area (Å²) in [7, 11) is 0. The first-order chi connectivity index (χ1) is 37.5. The molecule has 0 amide bonds. The molecule has 0 spiro atoms. The first-order valence-electron chi connectivity index (χ1n) is 32.9. The third-order valence-corrected chi connectivity index (χ3v) is 14.4. The van der Waals surface area contributed by atoms with Gasteiger partial charge in [-0.3, -0.25) is 14.4 Å². The third kappa shape index (κ3) is 61.7. The molecule has 0 aliphatic rings. The highest BCUT2D eigenvalue weighted by molar-refractivity contribution is 5.71. The molecule has 0 aromatic rings. The summed E-state index contributed by atoms with van der Waals surface area (Å²) in [5.74, 6) is -0.888. The van der Waals surface area contributed by atoms with Crippen molar-refractivity contribution in [1.29, 1.82) is 0 Å². The molecule has 0 aromatic heterocycles. The fraction of sp³-hybridized carbons (Fsp3) is 0.786. The van der Waals surface area contributed by atoms with E-state index in [1.807, 2.05) is 0 Å². The lowest BCUT2D eigenvalue weighted by Gasteiger charge is -2.18. The average Bonchev–Trinajstić information content (AvgIpc) is 3.42. The van der Waals surface area contributed by atoms with Crippen LogP contribution in [0.15, 0.2) is 72.9 Å². The maximum absolute atomic E-state index is 12.9. The van der Waals surface area contributed by atoms with Gasteiger partial charge in [0, 0.05) is 19.3 Å². The summed E-state index contributed by atoms with van der Waals surface area (Å²) in [5.41, 5.74) is 0. The van der Waals surface area contributed by atoms with Gasteiger partial charge in [-0.25, -0.2) is 0 Å². The fourth-order valence-electron chi connectivity index (χ4n) is 9.48. The van der Waals surface area contributed by atoms with E-state index in [-0.39, 0.29) is 31.1 Å². The standard InChI is InChI=1S/C70H124O6/c1-4-7-10-13-16-19-22-25-28-30-32-33-34-35-36-37-38-40-42-45-48-51-54-57-60-63-69(72)75-66-67(65-74-68(71)62-59-56-53-50-47-44-41-27-24-21-18-15-12-9-6-3)76-70(73)64-61-58-55-52-49-46-43-39-31-29-26-23-20-17-14-11-8-5-2/h9,12,18,21-22,25,27,29-32,41,67H,4-8,10-11,13-17,19-20,23-24,26,28,33-40,42-66H2,1-3H3/b12-9-,21-18-,25-22-,31-29-,32-30-,41-27-. The molecule has 0 radical (unpaired) electrons. The second-order valence-corrected chi connectivity index (χ2v) is 22.0. The van der Waals surface area contributed by atoms with Crippen LogP contribution in [0, 0.1) is 0 Å². The SMILES string of the molecule is CC/C=C\C/C=C\C/C=C\CCCCCCCC(=O)OCC(COC(=O)CCCCCCCCCCCCCCC/C=C\C/C=C\CCCCCCC)OC(=O)CCCCCCCCC/C=C\CCCCCCCCC. The van der Waals surface area contributed by atoms with Gasteiger partial charge in [-0.2, -0.15) is 0 Å². The summed E-state index contributed by atoms with van der Waals surface area (Å²) in [6.45, 7) is 6.54. The van der Waals surface area contributed by atoms with Crippen molar-refractivity contribution in [2.75, 3.05) is 13.2 Å². The topological polar surface area (TPSA) is 78.9 Å². The van der Waals surface area contributed by atoms with E-state index in [0.717, 1.165) is 103 Å². The fourth-order valence-corrected chi connectivity index (χ4v) is 9.48. The Kier molecular flexibility index (Phi) is 61.7. The zero-order chi connectivity index (χ0) is 55.0. The smallest absolute Gasteiger partial charge is 0.306 e. The van der Waals surface area contributed by atoms with Gasteiger partial charge in [-0.15, -0.1) is 0 Å². The summed E-state index contributed by atoms with van der Waals surface area (Å²) < 4.78 is 16.9. The number of hydrogen-bond donors (Lipinski definition) is 0. The van der Waals surface area contributed by atoms with Crippen molar-refractivity contribution in [2.45, 2.75) is 341 Å². The molecule has 76 heavy (non-hydrogen) atoms. The van der Waals surface area contributed by atoms with E-state index in [1.165, 1.54) is 193 Å². The number of carbonyl (C=O) groups is 3. The predicted molar refractivity (Wildman–Crippen MR) is 330 cm³/mol. The van der Waals surface area contributed by atoms with Crippen LogP contribution < -0.4 is 0 Å². The zero-order valence-corrected chi connectivity index (χ0v) is 50.5. The number of rotatable bonds is 60. The molecule has 1 atom stereocenters. The van der Waals surface area contributed by atoms with Crippen molar-refractivity contribution in [2.24, 2.45) is 0 Å². The van der Waals surface area contributed by atoms with Crippen molar-refractivity contribution in [1.82, 2.24) is 0 Å². The van der Waals surface area contributed by atoms with E-state index in [0.29, 0.717) is 19.3 Å². The minimum atomic E-state index is -0.786. The van der Waals surface area contributed by atoms with Gasteiger partial charge >= 0.3 is 17.9 Å². The molecule has 1 unspecified atom stereocenters. The van der Waals surface area contributed by atoms with Gasteiger partial charge in [0.05, 0.1) is 0 Å². The Morgan fingerprint density at radius 3 is 0.816 bits per heavy atom. The molecule has 440 valence electrons. The number of esters is 3.